The van der Waals surface area contributed by atoms with Crippen LogP contribution in [-0.2, 0) is 14.4 Å². The zero-order valence-electron chi connectivity index (χ0n) is 9.43. The number of β-amino-alcohol motifs (C(OH)–C–C–N with tert-alkyl or cyclic N) is 1. The van der Waals surface area contributed by atoms with Gasteiger partial charge in [-0.2, -0.15) is 0 Å². The summed E-state index contributed by atoms with van der Waals surface area (Å²) in [7, 11) is 0. The number of hydrogen-bond donors (Lipinski definition) is 2. The van der Waals surface area contributed by atoms with Crippen molar-refractivity contribution in [3.63, 3.8) is 0 Å². The predicted octanol–water partition coefficient (Wildman–Crippen LogP) is -0.537. The summed E-state index contributed by atoms with van der Waals surface area (Å²) in [5, 5.41) is 18.2. The number of aliphatic hydroxyl groups is 1. The lowest BCUT2D eigenvalue weighted by Crippen LogP contribution is -2.49. The molecule has 3 unspecified atom stereocenters. The summed E-state index contributed by atoms with van der Waals surface area (Å²) in [5.41, 5.74) is -2.10. The summed E-state index contributed by atoms with van der Waals surface area (Å²) in [5.74, 6) is -3.24. The first-order valence-corrected chi connectivity index (χ1v) is 4.99. The van der Waals surface area contributed by atoms with Crippen LogP contribution in [0.15, 0.2) is 0 Å². The van der Waals surface area contributed by atoms with Crippen LogP contribution in [0.1, 0.15) is 20.8 Å². The number of nitrogens with zero attached hydrogens (tertiary/aromatic N) is 1. The van der Waals surface area contributed by atoms with Gasteiger partial charge < -0.3 is 10.2 Å². The highest BCUT2D eigenvalue weighted by molar-refractivity contribution is 6.05. The SMILES string of the molecule is CC1C(=O)N(CC(C)(O)C(=O)O)C(=O)C1C. The number of hydrogen-bond acceptors (Lipinski definition) is 4. The van der Waals surface area contributed by atoms with E-state index in [2.05, 4.69) is 0 Å². The zero-order chi connectivity index (χ0) is 12.7. The van der Waals surface area contributed by atoms with Gasteiger partial charge in [-0.25, -0.2) is 4.79 Å². The molecule has 6 heteroatoms. The summed E-state index contributed by atoms with van der Waals surface area (Å²) < 4.78 is 0. The van der Waals surface area contributed by atoms with Crippen LogP contribution in [0.3, 0.4) is 0 Å². The normalized spacial score (nSPS) is 29.4. The molecule has 0 aromatic carbocycles. The zero-order valence-corrected chi connectivity index (χ0v) is 9.43. The van der Waals surface area contributed by atoms with Crippen LogP contribution in [0, 0.1) is 11.8 Å². The van der Waals surface area contributed by atoms with Gasteiger partial charge in [-0.1, -0.05) is 13.8 Å². The van der Waals surface area contributed by atoms with Crippen molar-refractivity contribution in [2.24, 2.45) is 11.8 Å². The highest BCUT2D eigenvalue weighted by atomic mass is 16.4. The smallest absolute Gasteiger partial charge is 0.337 e. The molecule has 1 rings (SSSR count). The van der Waals surface area contributed by atoms with Gasteiger partial charge in [-0.3, -0.25) is 14.5 Å². The third kappa shape index (κ3) is 1.92. The molecule has 6 nitrogen and oxygen atoms in total. The van der Waals surface area contributed by atoms with Crippen molar-refractivity contribution < 1.29 is 24.6 Å². The van der Waals surface area contributed by atoms with Gasteiger partial charge >= 0.3 is 5.97 Å². The molecule has 0 aliphatic carbocycles. The van der Waals surface area contributed by atoms with E-state index in [1.54, 1.807) is 13.8 Å². The molecule has 1 heterocycles. The predicted molar refractivity (Wildman–Crippen MR) is 53.3 cm³/mol. The Morgan fingerprint density at radius 3 is 2.00 bits per heavy atom. The van der Waals surface area contributed by atoms with Crippen molar-refractivity contribution in [1.82, 2.24) is 4.90 Å². The molecule has 1 aliphatic rings. The molecular formula is C10H15NO5. The number of amides is 2. The summed E-state index contributed by atoms with van der Waals surface area (Å²) in [6.07, 6.45) is 0. The monoisotopic (exact) mass is 229 g/mol. The van der Waals surface area contributed by atoms with Crippen molar-refractivity contribution in [3.8, 4) is 0 Å². The molecule has 0 aromatic rings. The Labute approximate surface area is 92.9 Å². The third-order valence-corrected chi connectivity index (χ3v) is 2.99. The maximum Gasteiger partial charge on any atom is 0.337 e. The lowest BCUT2D eigenvalue weighted by atomic mass is 10.00. The average molecular weight is 229 g/mol. The number of carbonyl (C=O) groups is 3. The van der Waals surface area contributed by atoms with Crippen molar-refractivity contribution in [1.29, 1.82) is 0 Å². The number of aliphatic carboxylic acids is 1. The number of imide groups is 1. The molecule has 1 fully saturated rings. The Kier molecular flexibility index (Phi) is 3.05. The van der Waals surface area contributed by atoms with Gasteiger partial charge in [0.2, 0.25) is 11.8 Å². The van der Waals surface area contributed by atoms with Crippen molar-refractivity contribution >= 4 is 17.8 Å². The van der Waals surface area contributed by atoms with E-state index < -0.39 is 41.8 Å². The number of rotatable bonds is 3. The lowest BCUT2D eigenvalue weighted by molar-refractivity contribution is -0.161. The summed E-state index contributed by atoms with van der Waals surface area (Å²) in [4.78, 5) is 34.8. The minimum atomic E-state index is -2.10. The third-order valence-electron chi connectivity index (χ3n) is 2.99. The van der Waals surface area contributed by atoms with Gasteiger partial charge in [0, 0.05) is 11.8 Å². The van der Waals surface area contributed by atoms with Crippen LogP contribution in [0.2, 0.25) is 0 Å². The first-order valence-electron chi connectivity index (χ1n) is 4.99. The Morgan fingerprint density at radius 2 is 1.69 bits per heavy atom. The van der Waals surface area contributed by atoms with Crippen LogP contribution in [0.5, 0.6) is 0 Å². The highest BCUT2D eigenvalue weighted by Crippen LogP contribution is 2.26. The van der Waals surface area contributed by atoms with Gasteiger partial charge in [0.05, 0.1) is 6.54 Å². The lowest BCUT2D eigenvalue weighted by Gasteiger charge is -2.24. The first kappa shape index (κ1) is 12.6. The molecule has 2 amide bonds. The van der Waals surface area contributed by atoms with E-state index in [1.165, 1.54) is 0 Å². The van der Waals surface area contributed by atoms with E-state index in [4.69, 9.17) is 5.11 Å². The fraction of sp³-hybridized carbons (Fsp3) is 0.700. The Bertz CT molecular complexity index is 329. The van der Waals surface area contributed by atoms with Crippen LogP contribution in [0.25, 0.3) is 0 Å². The number of carboxylic acid groups (broad SMARTS) is 1. The minimum Gasteiger partial charge on any atom is -0.479 e. The van der Waals surface area contributed by atoms with Crippen molar-refractivity contribution in [3.05, 3.63) is 0 Å². The fourth-order valence-corrected chi connectivity index (χ4v) is 1.56. The largest absolute Gasteiger partial charge is 0.479 e. The van der Waals surface area contributed by atoms with Gasteiger partial charge in [-0.15, -0.1) is 0 Å². The molecule has 2 N–H and O–H groups in total. The Hall–Kier alpha value is -1.43. The molecule has 1 saturated heterocycles. The molecule has 90 valence electrons. The molecule has 0 aromatic heterocycles. The van der Waals surface area contributed by atoms with E-state index in [-0.39, 0.29) is 0 Å². The summed E-state index contributed by atoms with van der Waals surface area (Å²) in [6, 6.07) is 0. The molecule has 0 saturated carbocycles. The van der Waals surface area contributed by atoms with E-state index >= 15 is 0 Å². The number of likely N-dealkylation sites (tertiary alicyclic amines) is 1. The molecular weight excluding hydrogens is 214 g/mol. The molecule has 3 atom stereocenters. The topological polar surface area (TPSA) is 94.9 Å². The second-order valence-corrected chi connectivity index (χ2v) is 4.42. The maximum atomic E-state index is 11.6. The second-order valence-electron chi connectivity index (χ2n) is 4.42. The van der Waals surface area contributed by atoms with E-state index in [0.29, 0.717) is 0 Å². The minimum absolute atomic E-state index is 0.431. The van der Waals surface area contributed by atoms with Crippen molar-refractivity contribution in [2.45, 2.75) is 26.4 Å². The first-order chi connectivity index (χ1) is 7.18. The fourth-order valence-electron chi connectivity index (χ4n) is 1.56. The Morgan fingerprint density at radius 1 is 1.31 bits per heavy atom. The average Bonchev–Trinajstić information content (AvgIpc) is 2.35. The van der Waals surface area contributed by atoms with E-state index in [0.717, 1.165) is 11.8 Å². The highest BCUT2D eigenvalue weighted by Gasteiger charge is 2.46. The van der Waals surface area contributed by atoms with E-state index in [9.17, 15) is 19.5 Å². The van der Waals surface area contributed by atoms with Gasteiger partial charge in [0.15, 0.2) is 5.60 Å². The Balaban J connectivity index is 2.87. The standard InChI is InChI=1S/C10H15NO5/c1-5-6(2)8(13)11(7(5)12)4-10(3,16)9(14)15/h5-6,16H,4H2,1-3H3,(H,14,15). The van der Waals surface area contributed by atoms with Gasteiger partial charge in [0.1, 0.15) is 0 Å². The van der Waals surface area contributed by atoms with Crippen LogP contribution in [0.4, 0.5) is 0 Å². The summed E-state index contributed by atoms with van der Waals surface area (Å²) >= 11 is 0. The number of carbonyl (C=O) groups excluding carboxylic acids is 2. The van der Waals surface area contributed by atoms with Gasteiger partial charge in [-0.05, 0) is 6.92 Å². The van der Waals surface area contributed by atoms with Crippen molar-refractivity contribution in [2.75, 3.05) is 6.54 Å². The number of carboxylic acids is 1. The second kappa shape index (κ2) is 3.86. The maximum absolute atomic E-state index is 11.6. The van der Waals surface area contributed by atoms with Crippen LogP contribution in [-0.4, -0.2) is 45.0 Å². The summed E-state index contributed by atoms with van der Waals surface area (Å²) in [6.45, 7) is 3.78. The molecule has 0 spiro atoms. The quantitative estimate of drug-likeness (QED) is 0.634. The van der Waals surface area contributed by atoms with Gasteiger partial charge in [0.25, 0.3) is 0 Å². The molecule has 16 heavy (non-hydrogen) atoms. The van der Waals surface area contributed by atoms with Crippen LogP contribution < -0.4 is 0 Å². The molecule has 1 aliphatic heterocycles. The molecule has 0 bridgehead atoms. The van der Waals surface area contributed by atoms with Crippen LogP contribution >= 0.6 is 0 Å². The van der Waals surface area contributed by atoms with E-state index in [1.807, 2.05) is 0 Å². The molecule has 0 radical (unpaired) electrons.